The van der Waals surface area contributed by atoms with Gasteiger partial charge in [-0.1, -0.05) is 25.1 Å². The van der Waals surface area contributed by atoms with Gasteiger partial charge in [0.15, 0.2) is 0 Å². The van der Waals surface area contributed by atoms with Crippen LogP contribution in [-0.4, -0.2) is 59.3 Å². The molecule has 3 aromatic rings. The van der Waals surface area contributed by atoms with Crippen molar-refractivity contribution in [3.63, 3.8) is 0 Å². The molecule has 0 N–H and O–H groups in total. The zero-order valence-corrected chi connectivity index (χ0v) is 19.5. The van der Waals surface area contributed by atoms with E-state index in [1.807, 2.05) is 6.92 Å². The highest BCUT2D eigenvalue weighted by molar-refractivity contribution is 5.95. The number of nitro groups is 1. The van der Waals surface area contributed by atoms with E-state index in [0.29, 0.717) is 29.8 Å². The van der Waals surface area contributed by atoms with Crippen molar-refractivity contribution >= 4 is 22.5 Å². The number of amides is 1. The van der Waals surface area contributed by atoms with Gasteiger partial charge in [0.25, 0.3) is 17.2 Å². The van der Waals surface area contributed by atoms with E-state index in [0.717, 1.165) is 0 Å². The Balaban J connectivity index is 2.15. The van der Waals surface area contributed by atoms with E-state index < -0.39 is 16.9 Å². The Morgan fingerprint density at radius 3 is 2.56 bits per heavy atom. The summed E-state index contributed by atoms with van der Waals surface area (Å²) >= 11 is 0. The molecule has 1 amide bonds. The number of rotatable bonds is 11. The van der Waals surface area contributed by atoms with Gasteiger partial charge in [0.2, 0.25) is 0 Å². The van der Waals surface area contributed by atoms with E-state index in [-0.39, 0.29) is 36.5 Å². The highest BCUT2D eigenvalue weighted by Crippen LogP contribution is 2.26. The number of para-hydroxylation sites is 1. The number of carbonyl (C=O) groups is 1. The van der Waals surface area contributed by atoms with Gasteiger partial charge in [-0.25, -0.2) is 4.98 Å². The van der Waals surface area contributed by atoms with Crippen LogP contribution in [0.1, 0.15) is 35.6 Å². The summed E-state index contributed by atoms with van der Waals surface area (Å²) in [6.45, 7) is 2.91. The maximum absolute atomic E-state index is 13.6. The molecule has 1 heterocycles. The summed E-state index contributed by atoms with van der Waals surface area (Å²) in [5.74, 6) is 0.0198. The number of ether oxygens (including phenoxy) is 2. The summed E-state index contributed by atoms with van der Waals surface area (Å²) in [4.78, 5) is 43.9. The molecule has 0 radical (unpaired) electrons. The Morgan fingerprint density at radius 1 is 1.15 bits per heavy atom. The zero-order chi connectivity index (χ0) is 24.7. The smallest absolute Gasteiger partial charge is 0.270 e. The van der Waals surface area contributed by atoms with Gasteiger partial charge in [-0.2, -0.15) is 0 Å². The van der Waals surface area contributed by atoms with Crippen molar-refractivity contribution in [1.82, 2.24) is 14.5 Å². The molecule has 1 atom stereocenters. The molecule has 0 aliphatic carbocycles. The SMILES string of the molecule is CCC(c1nc2ccccc2c(=O)n1CCOC)N(CCOC)C(=O)c1cccc([N+](=O)[O-])c1. The number of fused-ring (bicyclic) bond motifs is 1. The molecule has 0 fully saturated rings. The van der Waals surface area contributed by atoms with Gasteiger partial charge in [0.05, 0.1) is 41.6 Å². The normalized spacial score (nSPS) is 12.0. The van der Waals surface area contributed by atoms with Gasteiger partial charge >= 0.3 is 0 Å². The Morgan fingerprint density at radius 2 is 1.88 bits per heavy atom. The molecule has 2 aromatic carbocycles. The van der Waals surface area contributed by atoms with Gasteiger partial charge in [-0.05, 0) is 24.6 Å². The van der Waals surface area contributed by atoms with Crippen LogP contribution in [0.25, 0.3) is 10.9 Å². The molecule has 34 heavy (non-hydrogen) atoms. The van der Waals surface area contributed by atoms with Crippen LogP contribution in [0, 0.1) is 10.1 Å². The van der Waals surface area contributed by atoms with E-state index in [1.165, 1.54) is 31.4 Å². The van der Waals surface area contributed by atoms with Crippen molar-refractivity contribution in [3.8, 4) is 0 Å². The number of nitro benzene ring substituents is 1. The van der Waals surface area contributed by atoms with E-state index in [1.54, 1.807) is 40.8 Å². The van der Waals surface area contributed by atoms with Gasteiger partial charge < -0.3 is 14.4 Å². The summed E-state index contributed by atoms with van der Waals surface area (Å²) in [5.41, 5.74) is 0.316. The average Bonchev–Trinajstić information content (AvgIpc) is 2.85. The molecule has 0 aliphatic heterocycles. The first-order chi connectivity index (χ1) is 16.4. The Hall–Kier alpha value is -3.63. The van der Waals surface area contributed by atoms with Crippen LogP contribution in [0.3, 0.4) is 0 Å². The Bertz CT molecular complexity index is 1230. The van der Waals surface area contributed by atoms with Crippen LogP contribution in [0.5, 0.6) is 0 Å². The average molecular weight is 469 g/mol. The molecular weight excluding hydrogens is 440 g/mol. The lowest BCUT2D eigenvalue weighted by Gasteiger charge is -2.32. The molecule has 0 spiro atoms. The van der Waals surface area contributed by atoms with Crippen LogP contribution >= 0.6 is 0 Å². The summed E-state index contributed by atoms with van der Waals surface area (Å²) in [6, 6.07) is 12.1. The van der Waals surface area contributed by atoms with Crippen LogP contribution in [-0.2, 0) is 16.0 Å². The van der Waals surface area contributed by atoms with E-state index >= 15 is 0 Å². The maximum atomic E-state index is 13.6. The number of aromatic nitrogens is 2. The fraction of sp³-hybridized carbons (Fsp3) is 0.375. The number of methoxy groups -OCH3 is 2. The van der Waals surface area contributed by atoms with Gasteiger partial charge in [-0.15, -0.1) is 0 Å². The predicted molar refractivity (Wildman–Crippen MR) is 127 cm³/mol. The first-order valence-corrected chi connectivity index (χ1v) is 11.0. The first kappa shape index (κ1) is 25.0. The molecule has 3 rings (SSSR count). The molecule has 0 saturated heterocycles. The van der Waals surface area contributed by atoms with Crippen LogP contribution in [0.4, 0.5) is 5.69 Å². The molecule has 1 unspecified atom stereocenters. The number of non-ortho nitro benzene ring substituents is 1. The summed E-state index contributed by atoms with van der Waals surface area (Å²) < 4.78 is 12.0. The monoisotopic (exact) mass is 468 g/mol. The van der Waals surface area contributed by atoms with Crippen molar-refractivity contribution in [2.75, 3.05) is 34.0 Å². The second kappa shape index (κ2) is 11.5. The van der Waals surface area contributed by atoms with Gasteiger partial charge in [-0.3, -0.25) is 24.3 Å². The zero-order valence-electron chi connectivity index (χ0n) is 19.5. The highest BCUT2D eigenvalue weighted by atomic mass is 16.6. The third kappa shape index (κ3) is 5.29. The minimum Gasteiger partial charge on any atom is -0.383 e. The van der Waals surface area contributed by atoms with Crippen LogP contribution in [0.2, 0.25) is 0 Å². The third-order valence-corrected chi connectivity index (χ3v) is 5.57. The lowest BCUT2D eigenvalue weighted by molar-refractivity contribution is -0.384. The molecule has 10 heteroatoms. The number of benzene rings is 2. The van der Waals surface area contributed by atoms with E-state index in [2.05, 4.69) is 0 Å². The summed E-state index contributed by atoms with van der Waals surface area (Å²) in [6.07, 6.45) is 0.460. The van der Waals surface area contributed by atoms with Crippen LogP contribution < -0.4 is 5.56 Å². The molecule has 10 nitrogen and oxygen atoms in total. The van der Waals surface area contributed by atoms with Crippen molar-refractivity contribution in [3.05, 3.63) is 80.4 Å². The molecule has 0 bridgehead atoms. The Labute approximate surface area is 196 Å². The van der Waals surface area contributed by atoms with Crippen molar-refractivity contribution in [2.24, 2.45) is 0 Å². The van der Waals surface area contributed by atoms with E-state index in [9.17, 15) is 19.7 Å². The number of hydrogen-bond donors (Lipinski definition) is 0. The van der Waals surface area contributed by atoms with Crippen molar-refractivity contribution in [1.29, 1.82) is 0 Å². The summed E-state index contributed by atoms with van der Waals surface area (Å²) in [5, 5.41) is 11.7. The van der Waals surface area contributed by atoms with Crippen molar-refractivity contribution in [2.45, 2.75) is 25.9 Å². The highest BCUT2D eigenvalue weighted by Gasteiger charge is 2.29. The quantitative estimate of drug-likeness (QED) is 0.313. The predicted octanol–water partition coefficient (Wildman–Crippen LogP) is 3.19. The largest absolute Gasteiger partial charge is 0.383 e. The molecule has 0 aliphatic rings. The topological polar surface area (TPSA) is 117 Å². The number of hydrogen-bond acceptors (Lipinski definition) is 7. The van der Waals surface area contributed by atoms with Gasteiger partial charge in [0, 0.05) is 38.5 Å². The first-order valence-electron chi connectivity index (χ1n) is 11.0. The lowest BCUT2D eigenvalue weighted by Crippen LogP contribution is -2.41. The minimum atomic E-state index is -0.573. The van der Waals surface area contributed by atoms with E-state index in [4.69, 9.17) is 14.5 Å². The third-order valence-electron chi connectivity index (χ3n) is 5.57. The molecule has 0 saturated carbocycles. The lowest BCUT2D eigenvalue weighted by atomic mass is 10.1. The van der Waals surface area contributed by atoms with Crippen molar-refractivity contribution < 1.29 is 19.2 Å². The second-order valence-corrected chi connectivity index (χ2v) is 7.66. The maximum Gasteiger partial charge on any atom is 0.270 e. The Kier molecular flexibility index (Phi) is 8.44. The second-order valence-electron chi connectivity index (χ2n) is 7.66. The number of nitrogens with zero attached hydrogens (tertiary/aromatic N) is 4. The standard InChI is InChI=1S/C24H28N4O6/c1-4-21(22-25-20-11-6-5-10-19(20)24(30)27(22)13-15-34-3)26(12-14-33-2)23(29)17-8-7-9-18(16-17)28(31)32/h5-11,16,21H,4,12-15H2,1-3H3. The minimum absolute atomic E-state index is 0.175. The molecule has 1 aromatic heterocycles. The molecule has 180 valence electrons. The van der Waals surface area contributed by atoms with Crippen LogP contribution in [0.15, 0.2) is 53.3 Å². The molecular formula is C24H28N4O6. The van der Waals surface area contributed by atoms with Gasteiger partial charge in [0.1, 0.15) is 5.82 Å². The summed E-state index contributed by atoms with van der Waals surface area (Å²) in [7, 11) is 3.08. The number of carbonyl (C=O) groups excluding carboxylic acids is 1. The fourth-order valence-electron chi connectivity index (χ4n) is 3.89. The fourth-order valence-corrected chi connectivity index (χ4v) is 3.89.